The SMILES string of the molecule is COC(=O)Cc1ccc(C#Cc2ccc(CNCCC3CC3)c(C)c2)cc1. The Morgan fingerprint density at radius 3 is 2.48 bits per heavy atom. The molecule has 0 heterocycles. The lowest BCUT2D eigenvalue weighted by molar-refractivity contribution is -0.139. The van der Waals surface area contributed by atoms with E-state index in [9.17, 15) is 4.79 Å². The maximum atomic E-state index is 11.3. The summed E-state index contributed by atoms with van der Waals surface area (Å²) in [6, 6.07) is 14.1. The number of ether oxygens (including phenoxy) is 1. The first kappa shape index (κ1) is 19.2. The molecule has 0 aliphatic heterocycles. The molecule has 3 rings (SSSR count). The van der Waals surface area contributed by atoms with Crippen molar-refractivity contribution in [3.8, 4) is 11.8 Å². The molecule has 0 unspecified atom stereocenters. The maximum Gasteiger partial charge on any atom is 0.309 e. The molecule has 27 heavy (non-hydrogen) atoms. The van der Waals surface area contributed by atoms with Gasteiger partial charge in [0.05, 0.1) is 13.5 Å². The minimum Gasteiger partial charge on any atom is -0.469 e. The van der Waals surface area contributed by atoms with E-state index in [1.165, 1.54) is 37.5 Å². The summed E-state index contributed by atoms with van der Waals surface area (Å²) in [7, 11) is 1.40. The molecule has 3 heteroatoms. The molecule has 1 N–H and O–H groups in total. The van der Waals surface area contributed by atoms with Crippen molar-refractivity contribution in [3.05, 3.63) is 70.3 Å². The first-order valence-corrected chi connectivity index (χ1v) is 9.62. The fraction of sp³-hybridized carbons (Fsp3) is 0.375. The van der Waals surface area contributed by atoms with Crippen LogP contribution in [0, 0.1) is 24.7 Å². The average molecular weight is 361 g/mol. The molecule has 0 atom stereocenters. The Hall–Kier alpha value is -2.57. The molecule has 1 saturated carbocycles. The Kier molecular flexibility index (Phi) is 6.68. The quantitative estimate of drug-likeness (QED) is 0.460. The lowest BCUT2D eigenvalue weighted by atomic mass is 10.0. The highest BCUT2D eigenvalue weighted by molar-refractivity contribution is 5.72. The summed E-state index contributed by atoms with van der Waals surface area (Å²) in [4.78, 5) is 11.3. The minimum atomic E-state index is -0.230. The average Bonchev–Trinajstić information content (AvgIpc) is 3.50. The van der Waals surface area contributed by atoms with E-state index in [0.29, 0.717) is 6.42 Å². The van der Waals surface area contributed by atoms with Gasteiger partial charge in [-0.05, 0) is 66.8 Å². The Morgan fingerprint density at radius 2 is 1.81 bits per heavy atom. The summed E-state index contributed by atoms with van der Waals surface area (Å²) < 4.78 is 4.68. The van der Waals surface area contributed by atoms with Gasteiger partial charge in [-0.2, -0.15) is 0 Å². The zero-order valence-corrected chi connectivity index (χ0v) is 16.2. The van der Waals surface area contributed by atoms with E-state index in [2.05, 4.69) is 47.0 Å². The first-order chi connectivity index (χ1) is 13.1. The molecular weight excluding hydrogens is 334 g/mol. The fourth-order valence-corrected chi connectivity index (χ4v) is 3.00. The Labute approximate surface area is 162 Å². The van der Waals surface area contributed by atoms with Crippen LogP contribution in [0.4, 0.5) is 0 Å². The maximum absolute atomic E-state index is 11.3. The number of carbonyl (C=O) groups is 1. The molecular formula is C24H27NO2. The van der Waals surface area contributed by atoms with Crippen LogP contribution in [0.5, 0.6) is 0 Å². The van der Waals surface area contributed by atoms with Gasteiger partial charge >= 0.3 is 5.97 Å². The first-order valence-electron chi connectivity index (χ1n) is 9.62. The summed E-state index contributed by atoms with van der Waals surface area (Å²) in [5.74, 6) is 7.17. The van der Waals surface area contributed by atoms with Crippen molar-refractivity contribution in [1.29, 1.82) is 0 Å². The molecule has 0 bridgehead atoms. The van der Waals surface area contributed by atoms with Crippen LogP contribution in [0.25, 0.3) is 0 Å². The normalized spacial score (nSPS) is 13.0. The number of hydrogen-bond donors (Lipinski definition) is 1. The molecule has 140 valence electrons. The Bertz CT molecular complexity index is 839. The molecule has 1 aliphatic rings. The molecule has 0 saturated heterocycles. The second kappa shape index (κ2) is 9.39. The molecule has 2 aromatic rings. The van der Waals surface area contributed by atoms with Crippen molar-refractivity contribution in [1.82, 2.24) is 5.32 Å². The van der Waals surface area contributed by atoms with Crippen molar-refractivity contribution >= 4 is 5.97 Å². The van der Waals surface area contributed by atoms with Gasteiger partial charge in [0.25, 0.3) is 0 Å². The standard InChI is InChI=1S/C24H27NO2/c1-18-15-21(11-12-23(18)17-25-14-13-20-3-4-20)8-5-19-6-9-22(10-7-19)16-24(26)27-2/h6-7,9-12,15,20,25H,3-4,13-14,16-17H2,1-2H3. The molecule has 1 aliphatic carbocycles. The van der Waals surface area contributed by atoms with E-state index in [-0.39, 0.29) is 5.97 Å². The number of aryl methyl sites for hydroxylation is 1. The van der Waals surface area contributed by atoms with Gasteiger partial charge in [0.1, 0.15) is 0 Å². The lowest BCUT2D eigenvalue weighted by Gasteiger charge is -2.08. The van der Waals surface area contributed by atoms with Crippen molar-refractivity contribution in [2.45, 2.75) is 39.2 Å². The van der Waals surface area contributed by atoms with Crippen LogP contribution in [0.3, 0.4) is 0 Å². The van der Waals surface area contributed by atoms with Gasteiger partial charge in [-0.15, -0.1) is 0 Å². The third-order valence-corrected chi connectivity index (χ3v) is 4.97. The van der Waals surface area contributed by atoms with Crippen LogP contribution >= 0.6 is 0 Å². The van der Waals surface area contributed by atoms with Crippen molar-refractivity contribution in [2.75, 3.05) is 13.7 Å². The molecule has 2 aromatic carbocycles. The number of hydrogen-bond acceptors (Lipinski definition) is 3. The van der Waals surface area contributed by atoms with Gasteiger partial charge in [0, 0.05) is 17.7 Å². The molecule has 0 aromatic heterocycles. The van der Waals surface area contributed by atoms with Crippen LogP contribution in [-0.2, 0) is 22.5 Å². The highest BCUT2D eigenvalue weighted by atomic mass is 16.5. The van der Waals surface area contributed by atoms with Crippen molar-refractivity contribution in [2.24, 2.45) is 5.92 Å². The van der Waals surface area contributed by atoms with Crippen LogP contribution < -0.4 is 5.32 Å². The predicted octanol–water partition coefficient (Wildman–Crippen LogP) is 4.00. The summed E-state index contributed by atoms with van der Waals surface area (Å²) in [6.45, 7) is 4.18. The van der Waals surface area contributed by atoms with E-state index >= 15 is 0 Å². The van der Waals surface area contributed by atoms with Crippen LogP contribution in [-0.4, -0.2) is 19.6 Å². The van der Waals surface area contributed by atoms with Gasteiger partial charge in [0.15, 0.2) is 0 Å². The number of carbonyl (C=O) groups excluding carboxylic acids is 1. The number of rotatable bonds is 7. The Balaban J connectivity index is 1.55. The highest BCUT2D eigenvalue weighted by Gasteiger charge is 2.19. The third kappa shape index (κ3) is 6.27. The monoisotopic (exact) mass is 361 g/mol. The van der Waals surface area contributed by atoms with Gasteiger partial charge in [-0.3, -0.25) is 4.79 Å². The summed E-state index contributed by atoms with van der Waals surface area (Å²) >= 11 is 0. The topological polar surface area (TPSA) is 38.3 Å². The second-order valence-electron chi connectivity index (χ2n) is 7.25. The van der Waals surface area contributed by atoms with Crippen LogP contribution in [0.2, 0.25) is 0 Å². The van der Waals surface area contributed by atoms with E-state index < -0.39 is 0 Å². The van der Waals surface area contributed by atoms with Gasteiger partial charge in [-0.25, -0.2) is 0 Å². The summed E-state index contributed by atoms with van der Waals surface area (Å²) in [6.07, 6.45) is 4.44. The van der Waals surface area contributed by atoms with Crippen LogP contribution in [0.1, 0.15) is 47.1 Å². The van der Waals surface area contributed by atoms with Gasteiger partial charge < -0.3 is 10.1 Å². The zero-order chi connectivity index (χ0) is 19.1. The largest absolute Gasteiger partial charge is 0.469 e. The highest BCUT2D eigenvalue weighted by Crippen LogP contribution is 2.31. The molecule has 0 spiro atoms. The van der Waals surface area contributed by atoms with E-state index in [1.54, 1.807) is 0 Å². The van der Waals surface area contributed by atoms with E-state index in [0.717, 1.165) is 35.7 Å². The van der Waals surface area contributed by atoms with Gasteiger partial charge in [-0.1, -0.05) is 42.9 Å². The predicted molar refractivity (Wildman–Crippen MR) is 108 cm³/mol. The number of esters is 1. The number of methoxy groups -OCH3 is 1. The minimum absolute atomic E-state index is 0.230. The summed E-state index contributed by atoms with van der Waals surface area (Å²) in [5.41, 5.74) is 5.50. The number of benzene rings is 2. The number of nitrogens with one attached hydrogen (secondary N) is 1. The van der Waals surface area contributed by atoms with Gasteiger partial charge in [0.2, 0.25) is 0 Å². The fourth-order valence-electron chi connectivity index (χ4n) is 3.00. The molecule has 1 fully saturated rings. The van der Waals surface area contributed by atoms with E-state index in [1.807, 2.05) is 24.3 Å². The lowest BCUT2D eigenvalue weighted by Crippen LogP contribution is -2.15. The third-order valence-electron chi connectivity index (χ3n) is 4.97. The van der Waals surface area contributed by atoms with Crippen molar-refractivity contribution in [3.63, 3.8) is 0 Å². The molecule has 3 nitrogen and oxygen atoms in total. The van der Waals surface area contributed by atoms with Crippen LogP contribution in [0.15, 0.2) is 42.5 Å². The smallest absolute Gasteiger partial charge is 0.309 e. The summed E-state index contributed by atoms with van der Waals surface area (Å²) in [5, 5.41) is 3.55. The Morgan fingerprint density at radius 1 is 1.11 bits per heavy atom. The zero-order valence-electron chi connectivity index (χ0n) is 16.2. The van der Waals surface area contributed by atoms with Crippen molar-refractivity contribution < 1.29 is 9.53 Å². The molecule has 0 radical (unpaired) electrons. The second-order valence-corrected chi connectivity index (χ2v) is 7.25. The molecule has 0 amide bonds. The van der Waals surface area contributed by atoms with E-state index in [4.69, 9.17) is 0 Å².